The maximum absolute atomic E-state index is 13.9. The van der Waals surface area contributed by atoms with Crippen molar-refractivity contribution in [2.75, 3.05) is 11.9 Å². The first kappa shape index (κ1) is 19.6. The van der Waals surface area contributed by atoms with E-state index in [0.29, 0.717) is 17.8 Å². The van der Waals surface area contributed by atoms with Crippen molar-refractivity contribution in [1.82, 2.24) is 5.32 Å². The van der Waals surface area contributed by atoms with Gasteiger partial charge >= 0.3 is 0 Å². The number of ether oxygens (including phenoxy) is 1. The molecule has 0 saturated carbocycles. The van der Waals surface area contributed by atoms with Gasteiger partial charge in [-0.15, -0.1) is 0 Å². The average Bonchev–Trinajstić information content (AvgIpc) is 3.17. The molecule has 4 rings (SSSR count). The Labute approximate surface area is 173 Å². The molecule has 1 aliphatic heterocycles. The highest BCUT2D eigenvalue weighted by Crippen LogP contribution is 2.27. The van der Waals surface area contributed by atoms with E-state index in [1.807, 2.05) is 31.2 Å². The van der Waals surface area contributed by atoms with E-state index in [9.17, 15) is 14.0 Å². The highest BCUT2D eigenvalue weighted by molar-refractivity contribution is 6.05. The van der Waals surface area contributed by atoms with Crippen LogP contribution in [-0.2, 0) is 6.42 Å². The van der Waals surface area contributed by atoms with E-state index in [-0.39, 0.29) is 17.6 Å². The van der Waals surface area contributed by atoms with Gasteiger partial charge in [0, 0.05) is 17.7 Å². The van der Waals surface area contributed by atoms with Crippen LogP contribution in [0.15, 0.2) is 66.7 Å². The smallest absolute Gasteiger partial charge is 0.258 e. The molecule has 0 fully saturated rings. The molecule has 0 bridgehead atoms. The quantitative estimate of drug-likeness (QED) is 0.672. The summed E-state index contributed by atoms with van der Waals surface area (Å²) in [6.07, 6.45) is 0.630. The lowest BCUT2D eigenvalue weighted by Crippen LogP contribution is -2.34. The lowest BCUT2D eigenvalue weighted by Gasteiger charge is -2.14. The fourth-order valence-electron chi connectivity index (χ4n) is 3.41. The lowest BCUT2D eigenvalue weighted by molar-refractivity contribution is 0.0932. The summed E-state index contributed by atoms with van der Waals surface area (Å²) in [7, 11) is 0. The summed E-state index contributed by atoms with van der Waals surface area (Å²) < 4.78 is 19.7. The maximum atomic E-state index is 13.9. The molecule has 30 heavy (non-hydrogen) atoms. The van der Waals surface area contributed by atoms with Crippen molar-refractivity contribution in [3.63, 3.8) is 0 Å². The second-order valence-electron chi connectivity index (χ2n) is 7.23. The van der Waals surface area contributed by atoms with Crippen LogP contribution in [0.5, 0.6) is 5.75 Å². The summed E-state index contributed by atoms with van der Waals surface area (Å²) in [5.41, 5.74) is 2.71. The Kier molecular flexibility index (Phi) is 5.48. The number of halogens is 1. The molecule has 1 aliphatic rings. The van der Waals surface area contributed by atoms with Gasteiger partial charge in [-0.3, -0.25) is 9.59 Å². The Bertz CT molecular complexity index is 1090. The highest BCUT2D eigenvalue weighted by atomic mass is 19.1. The number of fused-ring (bicyclic) bond motifs is 1. The average molecular weight is 404 g/mol. The van der Waals surface area contributed by atoms with Gasteiger partial charge in [0.25, 0.3) is 11.8 Å². The molecule has 1 unspecified atom stereocenters. The predicted octanol–water partition coefficient (Wildman–Crippen LogP) is 4.12. The van der Waals surface area contributed by atoms with Gasteiger partial charge in [-0.1, -0.05) is 36.4 Å². The van der Waals surface area contributed by atoms with E-state index in [1.165, 1.54) is 18.2 Å². The van der Waals surface area contributed by atoms with Crippen molar-refractivity contribution >= 4 is 17.5 Å². The minimum absolute atomic E-state index is 0.0512. The third-order valence-corrected chi connectivity index (χ3v) is 5.07. The standard InChI is InChI=1S/C24H21FN2O3/c1-15-10-11-17(13-21(15)27-24(29)19-7-3-4-8-20(19)25)23(28)26-14-18-12-16-6-2-5-9-22(16)30-18/h2-11,13,18H,12,14H2,1H3,(H,26,28)(H,27,29). The van der Waals surface area contributed by atoms with E-state index in [2.05, 4.69) is 10.6 Å². The van der Waals surface area contributed by atoms with E-state index < -0.39 is 11.7 Å². The van der Waals surface area contributed by atoms with Crippen molar-refractivity contribution in [2.24, 2.45) is 0 Å². The molecular formula is C24H21FN2O3. The lowest BCUT2D eigenvalue weighted by atomic mass is 10.1. The number of benzene rings is 3. The van der Waals surface area contributed by atoms with Crippen molar-refractivity contribution in [2.45, 2.75) is 19.4 Å². The monoisotopic (exact) mass is 404 g/mol. The molecule has 152 valence electrons. The van der Waals surface area contributed by atoms with Gasteiger partial charge in [-0.05, 0) is 48.4 Å². The minimum atomic E-state index is -0.598. The molecule has 3 aromatic carbocycles. The molecule has 5 nitrogen and oxygen atoms in total. The van der Waals surface area contributed by atoms with Crippen LogP contribution >= 0.6 is 0 Å². The Hall–Kier alpha value is -3.67. The van der Waals surface area contributed by atoms with Gasteiger partial charge in [0.1, 0.15) is 17.7 Å². The van der Waals surface area contributed by atoms with Gasteiger partial charge in [0.05, 0.1) is 12.1 Å². The third kappa shape index (κ3) is 4.17. The maximum Gasteiger partial charge on any atom is 0.258 e. The molecule has 6 heteroatoms. The molecule has 1 atom stereocenters. The zero-order valence-corrected chi connectivity index (χ0v) is 16.4. The van der Waals surface area contributed by atoms with Crippen LogP contribution in [0, 0.1) is 12.7 Å². The summed E-state index contributed by atoms with van der Waals surface area (Å²) in [5, 5.41) is 5.57. The number of carbonyl (C=O) groups excluding carboxylic acids is 2. The van der Waals surface area contributed by atoms with Crippen molar-refractivity contribution in [1.29, 1.82) is 0 Å². The number of rotatable bonds is 5. The number of hydrogen-bond acceptors (Lipinski definition) is 3. The van der Waals surface area contributed by atoms with E-state index >= 15 is 0 Å². The van der Waals surface area contributed by atoms with Crippen LogP contribution in [0.4, 0.5) is 10.1 Å². The van der Waals surface area contributed by atoms with Crippen LogP contribution < -0.4 is 15.4 Å². The molecule has 0 aliphatic carbocycles. The molecule has 0 radical (unpaired) electrons. The Morgan fingerprint density at radius 3 is 2.60 bits per heavy atom. The number of carbonyl (C=O) groups is 2. The fourth-order valence-corrected chi connectivity index (χ4v) is 3.41. The topological polar surface area (TPSA) is 67.4 Å². The Balaban J connectivity index is 1.41. The summed E-state index contributed by atoms with van der Waals surface area (Å²) in [6.45, 7) is 2.18. The van der Waals surface area contributed by atoms with Crippen molar-refractivity contribution < 1.29 is 18.7 Å². The number of aryl methyl sites for hydroxylation is 1. The number of anilines is 1. The SMILES string of the molecule is Cc1ccc(C(=O)NCC2Cc3ccccc3O2)cc1NC(=O)c1ccccc1F. The van der Waals surface area contributed by atoms with Gasteiger partial charge in [-0.25, -0.2) is 4.39 Å². The third-order valence-electron chi connectivity index (χ3n) is 5.07. The second kappa shape index (κ2) is 8.37. The summed E-state index contributed by atoms with van der Waals surface area (Å²) >= 11 is 0. The molecular weight excluding hydrogens is 383 g/mol. The van der Waals surface area contributed by atoms with Crippen LogP contribution in [0.2, 0.25) is 0 Å². The molecule has 3 aromatic rings. The first-order chi connectivity index (χ1) is 14.5. The van der Waals surface area contributed by atoms with E-state index in [1.54, 1.807) is 24.3 Å². The van der Waals surface area contributed by atoms with Crippen molar-refractivity contribution in [3.05, 3.63) is 94.8 Å². The van der Waals surface area contributed by atoms with Crippen LogP contribution in [-0.4, -0.2) is 24.5 Å². The molecule has 1 heterocycles. The summed E-state index contributed by atoms with van der Waals surface area (Å²) in [6, 6.07) is 18.6. The molecule has 2 N–H and O–H groups in total. The molecule has 0 saturated heterocycles. The molecule has 0 aromatic heterocycles. The van der Waals surface area contributed by atoms with Gasteiger partial charge < -0.3 is 15.4 Å². The molecule has 0 spiro atoms. The molecule has 2 amide bonds. The summed E-state index contributed by atoms with van der Waals surface area (Å²) in [4.78, 5) is 25.0. The Morgan fingerprint density at radius 2 is 1.80 bits per heavy atom. The number of hydrogen-bond donors (Lipinski definition) is 2. The number of nitrogens with one attached hydrogen (secondary N) is 2. The highest BCUT2D eigenvalue weighted by Gasteiger charge is 2.23. The number of para-hydroxylation sites is 1. The van der Waals surface area contributed by atoms with E-state index in [0.717, 1.165) is 23.3 Å². The van der Waals surface area contributed by atoms with Crippen molar-refractivity contribution in [3.8, 4) is 5.75 Å². The second-order valence-corrected chi connectivity index (χ2v) is 7.23. The Morgan fingerprint density at radius 1 is 1.03 bits per heavy atom. The normalized spacial score (nSPS) is 14.5. The van der Waals surface area contributed by atoms with Gasteiger partial charge in [-0.2, -0.15) is 0 Å². The fraction of sp³-hybridized carbons (Fsp3) is 0.167. The van der Waals surface area contributed by atoms with Crippen LogP contribution in [0.25, 0.3) is 0 Å². The first-order valence-electron chi connectivity index (χ1n) is 9.70. The first-order valence-corrected chi connectivity index (χ1v) is 9.70. The van der Waals surface area contributed by atoms with Gasteiger partial charge in [0.2, 0.25) is 0 Å². The summed E-state index contributed by atoms with van der Waals surface area (Å²) in [5.74, 6) is -0.578. The predicted molar refractivity (Wildman–Crippen MR) is 112 cm³/mol. The van der Waals surface area contributed by atoms with Crippen LogP contribution in [0.3, 0.4) is 0 Å². The number of amides is 2. The van der Waals surface area contributed by atoms with Gasteiger partial charge in [0.15, 0.2) is 0 Å². The minimum Gasteiger partial charge on any atom is -0.488 e. The zero-order chi connectivity index (χ0) is 21.1. The largest absolute Gasteiger partial charge is 0.488 e. The zero-order valence-electron chi connectivity index (χ0n) is 16.4. The van der Waals surface area contributed by atoms with E-state index in [4.69, 9.17) is 4.74 Å². The van der Waals surface area contributed by atoms with Crippen LogP contribution in [0.1, 0.15) is 31.8 Å².